The van der Waals surface area contributed by atoms with Gasteiger partial charge in [-0.1, -0.05) is 322 Å². The molecule has 8 fully saturated rings. The van der Waals surface area contributed by atoms with Gasteiger partial charge in [0.1, 0.15) is 0 Å². The number of hydrogen-bond acceptors (Lipinski definition) is 14. The molecule has 134 heavy (non-hydrogen) atoms. The van der Waals surface area contributed by atoms with Crippen molar-refractivity contribution in [3.63, 3.8) is 0 Å². The van der Waals surface area contributed by atoms with Gasteiger partial charge < -0.3 is 68.5 Å². The number of hydrogen-bond donors (Lipinski definition) is 0. The van der Waals surface area contributed by atoms with Gasteiger partial charge in [0.2, 0.25) is 0 Å². The van der Waals surface area contributed by atoms with Crippen molar-refractivity contribution in [3.05, 3.63) is 173 Å². The first kappa shape index (κ1) is 125. The van der Waals surface area contributed by atoms with E-state index in [0.717, 1.165) is 139 Å². The van der Waals surface area contributed by atoms with Gasteiger partial charge in [0.15, 0.2) is 0 Å². The molecule has 0 unspecified atom stereocenters. The van der Waals surface area contributed by atoms with Crippen LogP contribution in [0.3, 0.4) is 0 Å². The molecule has 0 atom stereocenters. The molecule has 8 aliphatic heterocycles. The van der Waals surface area contributed by atoms with Gasteiger partial charge >= 0.3 is 81.7 Å². The van der Waals surface area contributed by atoms with Crippen LogP contribution in [0.15, 0.2) is 72.8 Å². The predicted molar refractivity (Wildman–Crippen MR) is 542 cm³/mol. The summed E-state index contributed by atoms with van der Waals surface area (Å²) in [4.78, 5) is 0. The summed E-state index contributed by atoms with van der Waals surface area (Å²) < 4.78 is 39.6. The smallest absolute Gasteiger partial charge is 0.872 e. The van der Waals surface area contributed by atoms with Crippen LogP contribution in [0.4, 0.5) is 0 Å². The normalized spacial score (nSPS) is 16.7. The summed E-state index contributed by atoms with van der Waals surface area (Å²) in [6.45, 7) is 91.7. The summed E-state index contributed by atoms with van der Waals surface area (Å²) in [5.74, 6) is -2.24. The van der Waals surface area contributed by atoms with Crippen LogP contribution in [0.2, 0.25) is 0 Å². The number of ether oxygens (including phenoxy) is 8. The zero-order valence-electron chi connectivity index (χ0n) is 91.4. The maximum Gasteiger partial charge on any atom is 3.00 e. The average Bonchev–Trinajstić information content (AvgIpc) is 0.985. The molecule has 0 aromatic heterocycles. The minimum Gasteiger partial charge on any atom is -0.872 e. The van der Waals surface area contributed by atoms with E-state index in [0.29, 0.717) is 66.8 Å². The molecule has 0 aliphatic carbocycles. The second-order valence-corrected chi connectivity index (χ2v) is 50.1. The summed E-state index contributed by atoms with van der Waals surface area (Å²) in [6.07, 6.45) is 20.4. The van der Waals surface area contributed by atoms with Crippen LogP contribution in [0.25, 0.3) is 0 Å². The van der Waals surface area contributed by atoms with Crippen molar-refractivity contribution >= 4 is 0 Å². The fourth-order valence-corrected chi connectivity index (χ4v) is 16.2. The topological polar surface area (TPSA) is 212 Å². The summed E-state index contributed by atoms with van der Waals surface area (Å²) in [5, 5.41) is 89.0. The van der Waals surface area contributed by atoms with E-state index < -0.39 is 44.3 Å². The first-order valence-electron chi connectivity index (χ1n) is 50.5. The SMILES string of the molecule is C1CCOC1.C1CCOC1.C1CCOC1.C1CCOC1.C1CCOC1.C1CCOC1.C1CCOC1.C1CCOC1.CC(C)(C)c1cc(C(c2cc(C(C)(C)C)cc(C(C)(C)C)c2[O-])c2cc(C(C)(C)C)cc(C(C)(C)C)c2[O-])c([O-])c(C(C)(C)C)c1.CC(C)(C)c1cc(C(c2cc(C(C)(C)C)cc(C(C)(C)C)c2[O-])c2cc(C(C)(C)C)cc(C(C)(C)C)c2[O-])c([O-])c(C(C)(C)C)c1.[Nd+3].[Nd+3]. The Bertz CT molecular complexity index is 3640. The van der Waals surface area contributed by atoms with Crippen molar-refractivity contribution in [2.45, 2.75) is 429 Å². The second-order valence-electron chi connectivity index (χ2n) is 50.1. The Kier molecular flexibility index (Phi) is 50.5. The van der Waals surface area contributed by atoms with Gasteiger partial charge in [-0.3, -0.25) is 0 Å². The zero-order valence-corrected chi connectivity index (χ0v) is 97.8. The van der Waals surface area contributed by atoms with Crippen molar-refractivity contribution in [1.29, 1.82) is 0 Å². The summed E-state index contributed by atoms with van der Waals surface area (Å²) in [5.41, 5.74) is 9.11. The van der Waals surface area contributed by atoms with Crippen molar-refractivity contribution in [1.82, 2.24) is 0 Å². The third-order valence-electron chi connectivity index (χ3n) is 25.2. The molecular weight excluding hydrogens is 1930 g/mol. The van der Waals surface area contributed by atoms with Gasteiger partial charge in [0, 0.05) is 118 Å². The van der Waals surface area contributed by atoms with Crippen LogP contribution in [0.1, 0.15) is 464 Å². The van der Waals surface area contributed by atoms with Crippen molar-refractivity contribution in [2.75, 3.05) is 106 Å². The van der Waals surface area contributed by atoms with Gasteiger partial charge in [0.05, 0.1) is 0 Å². The molecule has 0 amide bonds. The van der Waals surface area contributed by atoms with Crippen LogP contribution >= 0.6 is 0 Å². The Morgan fingerprint density at radius 1 is 0.157 bits per heavy atom. The Labute approximate surface area is 883 Å². The van der Waals surface area contributed by atoms with Crippen LogP contribution in [-0.4, -0.2) is 106 Å². The van der Waals surface area contributed by atoms with Gasteiger partial charge in [-0.15, -0.1) is 34.5 Å². The molecule has 16 heteroatoms. The molecule has 14 rings (SSSR count). The summed E-state index contributed by atoms with van der Waals surface area (Å²) in [7, 11) is 0. The van der Waals surface area contributed by atoms with E-state index in [1.165, 1.54) is 103 Å². The molecule has 0 spiro atoms. The van der Waals surface area contributed by atoms with Gasteiger partial charge in [-0.2, -0.15) is 0 Å². The van der Waals surface area contributed by atoms with Gasteiger partial charge in [-0.25, -0.2) is 0 Å². The quantitative estimate of drug-likeness (QED) is 0.142. The van der Waals surface area contributed by atoms with Gasteiger partial charge in [-0.05, 0) is 268 Å². The molecule has 6 aromatic rings. The van der Waals surface area contributed by atoms with E-state index in [4.69, 9.17) is 37.9 Å². The van der Waals surface area contributed by atoms with Crippen LogP contribution in [0, 0.1) is 81.7 Å². The molecular formula is C118H186Nd2O14. The van der Waals surface area contributed by atoms with Crippen LogP contribution in [0.5, 0.6) is 34.5 Å². The van der Waals surface area contributed by atoms with E-state index in [1.807, 2.05) is 72.8 Å². The third-order valence-corrected chi connectivity index (χ3v) is 25.2. The summed E-state index contributed by atoms with van der Waals surface area (Å²) >= 11 is 0. The molecule has 6 aromatic carbocycles. The first-order valence-corrected chi connectivity index (χ1v) is 50.5. The second kappa shape index (κ2) is 54.3. The Hall–Kier alpha value is -3.50. The van der Waals surface area contributed by atoms with Crippen molar-refractivity contribution in [2.24, 2.45) is 0 Å². The average molecular weight is 2120 g/mol. The fourth-order valence-electron chi connectivity index (χ4n) is 16.2. The van der Waals surface area contributed by atoms with E-state index >= 15 is 0 Å². The molecule has 8 saturated heterocycles. The summed E-state index contributed by atoms with van der Waals surface area (Å²) in [6, 6.07) is 24.2. The van der Waals surface area contributed by atoms with E-state index in [2.05, 4.69) is 249 Å². The maximum absolute atomic E-state index is 14.8. The van der Waals surface area contributed by atoms with Crippen LogP contribution in [-0.2, 0) is 103 Å². The van der Waals surface area contributed by atoms with Gasteiger partial charge in [0.25, 0.3) is 0 Å². The predicted octanol–water partition coefficient (Wildman–Crippen LogP) is 26.1. The molecule has 8 heterocycles. The Morgan fingerprint density at radius 3 is 0.306 bits per heavy atom. The molecule has 750 valence electrons. The third kappa shape index (κ3) is 40.0. The molecule has 0 saturated carbocycles. The van der Waals surface area contributed by atoms with Crippen molar-refractivity contribution in [3.8, 4) is 34.5 Å². The standard InChI is InChI=1S/2C43H64O3.8C4H8O.2Nd/c2*1-38(2,3)25-19-28(35(44)31(22-25)41(10,11)12)34(29-20-26(39(4,5)6)23-32(36(29)45)42(13,14)15)30-21-27(40(7,8)9)24-33(37(30)46)43(16,17)18;8*1-2-4-5-3-1;;/h2*19-24,34,44-46H,1-18H3;8*1-4H2;;/q;;;;;;;;;;2*+3/p-6. The fraction of sp³-hybridized carbons (Fsp3) is 0.695. The monoisotopic (exact) mass is 2110 g/mol. The van der Waals surface area contributed by atoms with E-state index in [-0.39, 0.29) is 149 Å². The maximum atomic E-state index is 14.8. The van der Waals surface area contributed by atoms with E-state index in [1.54, 1.807) is 0 Å². The zero-order chi connectivity index (χ0) is 99.8. The largest absolute Gasteiger partial charge is 3.00 e. The number of rotatable bonds is 6. The minimum absolute atomic E-state index is 0. The molecule has 0 N–H and O–H groups in total. The van der Waals surface area contributed by atoms with Crippen LogP contribution < -0.4 is 30.6 Å². The molecule has 2 radical (unpaired) electrons. The Morgan fingerprint density at radius 2 is 0.246 bits per heavy atom. The molecule has 14 nitrogen and oxygen atoms in total. The first-order chi connectivity index (χ1) is 60.7. The minimum atomic E-state index is -0.831. The molecule has 8 aliphatic rings. The molecule has 0 bridgehead atoms. The van der Waals surface area contributed by atoms with Crippen molar-refractivity contribution < 1.29 is 150 Å². The number of benzene rings is 6. The Balaban J connectivity index is 0.000000476. The van der Waals surface area contributed by atoms with E-state index in [9.17, 15) is 30.6 Å².